The van der Waals surface area contributed by atoms with Gasteiger partial charge in [0.25, 0.3) is 0 Å². The Morgan fingerprint density at radius 2 is 2.05 bits per heavy atom. The molecule has 1 aliphatic rings. The molecule has 0 fully saturated rings. The Hall–Kier alpha value is -2.56. The van der Waals surface area contributed by atoms with Crippen LogP contribution in [0.3, 0.4) is 0 Å². The van der Waals surface area contributed by atoms with Crippen LogP contribution in [-0.4, -0.2) is 31.1 Å². The smallest absolute Gasteiger partial charge is 0.191 e. The molecule has 2 heterocycles. The maximum absolute atomic E-state index is 5.52. The predicted molar refractivity (Wildman–Crippen MR) is 87.1 cm³/mol. The van der Waals surface area contributed by atoms with Crippen LogP contribution in [0.1, 0.15) is 17.2 Å². The van der Waals surface area contributed by atoms with Gasteiger partial charge in [-0.25, -0.2) is 0 Å². The second kappa shape index (κ2) is 6.93. The summed E-state index contributed by atoms with van der Waals surface area (Å²) in [5, 5.41) is 6.76. The van der Waals surface area contributed by atoms with E-state index in [1.807, 2.05) is 42.7 Å². The first-order chi connectivity index (χ1) is 10.9. The first-order valence-corrected chi connectivity index (χ1v) is 7.43. The molecule has 1 unspecified atom stereocenters. The molecule has 3 rings (SSSR count). The van der Waals surface area contributed by atoms with Crippen molar-refractivity contribution in [1.82, 2.24) is 15.6 Å². The van der Waals surface area contributed by atoms with Gasteiger partial charge in [0.2, 0.25) is 0 Å². The number of pyridine rings is 1. The molecule has 1 aliphatic heterocycles. The number of nitrogens with zero attached hydrogens (tertiary/aromatic N) is 2. The molecule has 0 saturated carbocycles. The van der Waals surface area contributed by atoms with Crippen LogP contribution in [0.5, 0.6) is 5.75 Å². The minimum Gasteiger partial charge on any atom is -0.496 e. The van der Waals surface area contributed by atoms with Crippen LogP contribution in [-0.2, 0) is 6.42 Å². The number of guanidine groups is 1. The lowest BCUT2D eigenvalue weighted by Crippen LogP contribution is -2.37. The van der Waals surface area contributed by atoms with Gasteiger partial charge in [0.15, 0.2) is 5.96 Å². The second-order valence-corrected chi connectivity index (χ2v) is 5.16. The second-order valence-electron chi connectivity index (χ2n) is 5.16. The van der Waals surface area contributed by atoms with Crippen molar-refractivity contribution in [3.8, 4) is 5.75 Å². The van der Waals surface area contributed by atoms with Crippen LogP contribution in [0.4, 0.5) is 0 Å². The first-order valence-electron chi connectivity index (χ1n) is 7.43. The van der Waals surface area contributed by atoms with E-state index >= 15 is 0 Å². The fourth-order valence-corrected chi connectivity index (χ4v) is 2.61. The van der Waals surface area contributed by atoms with E-state index in [0.717, 1.165) is 36.8 Å². The van der Waals surface area contributed by atoms with E-state index in [1.165, 1.54) is 5.56 Å². The molecule has 0 aliphatic carbocycles. The molecule has 1 aromatic heterocycles. The number of para-hydroxylation sites is 1. The van der Waals surface area contributed by atoms with E-state index in [-0.39, 0.29) is 6.04 Å². The average Bonchev–Trinajstić information content (AvgIpc) is 3.08. The number of aromatic nitrogens is 1. The molecule has 0 amide bonds. The van der Waals surface area contributed by atoms with Crippen LogP contribution in [0.25, 0.3) is 0 Å². The number of hydrogen-bond acceptors (Lipinski definition) is 5. The third-order valence-corrected chi connectivity index (χ3v) is 3.69. The van der Waals surface area contributed by atoms with Gasteiger partial charge < -0.3 is 15.4 Å². The lowest BCUT2D eigenvalue weighted by Gasteiger charge is -2.22. The normalized spacial score (nSPS) is 14.9. The number of nitrogens with one attached hydrogen (secondary N) is 2. The van der Waals surface area contributed by atoms with Gasteiger partial charge in [-0.15, -0.1) is 0 Å². The summed E-state index contributed by atoms with van der Waals surface area (Å²) in [5.74, 6) is 1.73. The minimum atomic E-state index is 0.0860. The maximum atomic E-state index is 5.52. The molecule has 1 aromatic carbocycles. The zero-order valence-electron chi connectivity index (χ0n) is 12.6. The van der Waals surface area contributed by atoms with E-state index in [2.05, 4.69) is 26.7 Å². The highest BCUT2D eigenvalue weighted by atomic mass is 16.5. The highest BCUT2D eigenvalue weighted by Crippen LogP contribution is 2.27. The summed E-state index contributed by atoms with van der Waals surface area (Å²) in [6.45, 7) is 1.70. The molecular weight excluding hydrogens is 276 g/mol. The minimum absolute atomic E-state index is 0.0860. The van der Waals surface area contributed by atoms with Crippen molar-refractivity contribution in [1.29, 1.82) is 0 Å². The van der Waals surface area contributed by atoms with Crippen molar-refractivity contribution in [3.05, 3.63) is 59.9 Å². The molecule has 1 atom stereocenters. The molecule has 0 radical (unpaired) electrons. The molecular formula is C17H20N4O. The molecule has 5 nitrogen and oxygen atoms in total. The van der Waals surface area contributed by atoms with Crippen molar-refractivity contribution < 1.29 is 4.74 Å². The van der Waals surface area contributed by atoms with Crippen LogP contribution in [0.15, 0.2) is 53.8 Å². The number of aliphatic imine (C=N–C) groups is 1. The van der Waals surface area contributed by atoms with Crippen LogP contribution >= 0.6 is 0 Å². The Morgan fingerprint density at radius 1 is 1.23 bits per heavy atom. The number of hydrogen-bond donors (Lipinski definition) is 2. The third kappa shape index (κ3) is 3.36. The highest BCUT2D eigenvalue weighted by molar-refractivity contribution is 5.81. The lowest BCUT2D eigenvalue weighted by molar-refractivity contribution is 0.403. The molecule has 0 saturated heterocycles. The zero-order valence-corrected chi connectivity index (χ0v) is 12.6. The van der Waals surface area contributed by atoms with Crippen LogP contribution < -0.4 is 15.4 Å². The predicted octanol–water partition coefficient (Wildman–Crippen LogP) is 1.92. The Balaban J connectivity index is 1.87. The van der Waals surface area contributed by atoms with Gasteiger partial charge >= 0.3 is 0 Å². The summed E-state index contributed by atoms with van der Waals surface area (Å²) in [4.78, 5) is 8.52. The van der Waals surface area contributed by atoms with Crippen molar-refractivity contribution in [2.75, 3.05) is 20.2 Å². The highest BCUT2D eigenvalue weighted by Gasteiger charge is 2.19. The van der Waals surface area contributed by atoms with Gasteiger partial charge in [0.1, 0.15) is 5.75 Å². The molecule has 2 aromatic rings. The summed E-state index contributed by atoms with van der Waals surface area (Å²) < 4.78 is 5.52. The Labute approximate surface area is 130 Å². The van der Waals surface area contributed by atoms with E-state index in [1.54, 1.807) is 7.11 Å². The largest absolute Gasteiger partial charge is 0.496 e. The molecule has 0 bridgehead atoms. The van der Waals surface area contributed by atoms with Crippen LogP contribution in [0.2, 0.25) is 0 Å². The third-order valence-electron chi connectivity index (χ3n) is 3.69. The quantitative estimate of drug-likeness (QED) is 0.885. The summed E-state index contributed by atoms with van der Waals surface area (Å²) in [6.07, 6.45) is 4.48. The molecule has 2 N–H and O–H groups in total. The summed E-state index contributed by atoms with van der Waals surface area (Å²) in [6, 6.07) is 12.2. The number of methoxy groups -OCH3 is 1. The van der Waals surface area contributed by atoms with Gasteiger partial charge in [-0.3, -0.25) is 9.98 Å². The molecule has 5 heteroatoms. The van der Waals surface area contributed by atoms with E-state index in [9.17, 15) is 0 Å². The van der Waals surface area contributed by atoms with Crippen molar-refractivity contribution in [2.24, 2.45) is 4.99 Å². The fourth-order valence-electron chi connectivity index (χ4n) is 2.61. The fraction of sp³-hybridized carbons (Fsp3) is 0.294. The average molecular weight is 296 g/mol. The summed E-state index contributed by atoms with van der Waals surface area (Å²) in [5.41, 5.74) is 2.34. The van der Waals surface area contributed by atoms with E-state index < -0.39 is 0 Å². The van der Waals surface area contributed by atoms with Crippen molar-refractivity contribution in [2.45, 2.75) is 12.5 Å². The van der Waals surface area contributed by atoms with Gasteiger partial charge in [0.05, 0.1) is 19.7 Å². The topological polar surface area (TPSA) is 58.5 Å². The SMILES string of the molecule is COc1ccccc1C(Cc1ccncc1)NC1=NCCN1. The van der Waals surface area contributed by atoms with Gasteiger partial charge in [0, 0.05) is 24.5 Å². The monoisotopic (exact) mass is 296 g/mol. The van der Waals surface area contributed by atoms with E-state index in [4.69, 9.17) is 4.74 Å². The summed E-state index contributed by atoms with van der Waals surface area (Å²) in [7, 11) is 1.70. The number of ether oxygens (including phenoxy) is 1. The van der Waals surface area contributed by atoms with Crippen molar-refractivity contribution in [3.63, 3.8) is 0 Å². The van der Waals surface area contributed by atoms with Crippen LogP contribution in [0, 0.1) is 0 Å². The van der Waals surface area contributed by atoms with Gasteiger partial charge in [-0.2, -0.15) is 0 Å². The Kier molecular flexibility index (Phi) is 4.53. The number of benzene rings is 1. The standard InChI is InChI=1S/C17H20N4O/c1-22-16-5-3-2-4-14(16)15(21-17-19-10-11-20-17)12-13-6-8-18-9-7-13/h2-9,15H,10-12H2,1H3,(H2,19,20,21). The van der Waals surface area contributed by atoms with Crippen molar-refractivity contribution >= 4 is 5.96 Å². The zero-order chi connectivity index (χ0) is 15.2. The van der Waals surface area contributed by atoms with Gasteiger partial charge in [-0.05, 0) is 30.2 Å². The number of rotatable bonds is 5. The Bertz CT molecular complexity index is 642. The molecule has 22 heavy (non-hydrogen) atoms. The van der Waals surface area contributed by atoms with Gasteiger partial charge in [-0.1, -0.05) is 18.2 Å². The first kappa shape index (κ1) is 14.4. The maximum Gasteiger partial charge on any atom is 0.191 e. The molecule has 0 spiro atoms. The molecule has 114 valence electrons. The Morgan fingerprint density at radius 3 is 2.77 bits per heavy atom. The lowest BCUT2D eigenvalue weighted by atomic mass is 9.98. The van der Waals surface area contributed by atoms with E-state index in [0.29, 0.717) is 0 Å². The summed E-state index contributed by atoms with van der Waals surface area (Å²) >= 11 is 0.